The molecule has 3 N–H and O–H groups in total. The molecule has 116 valence electrons. The molecular weight excluding hydrogens is 262 g/mol. The van der Waals surface area contributed by atoms with Crippen LogP contribution in [0.1, 0.15) is 50.6 Å². The highest BCUT2D eigenvalue weighted by molar-refractivity contribution is 5.06. The zero-order chi connectivity index (χ0) is 14.5. The lowest BCUT2D eigenvalue weighted by Gasteiger charge is -2.45. The first-order valence-corrected chi connectivity index (χ1v) is 8.31. The van der Waals surface area contributed by atoms with E-state index in [1.807, 2.05) is 18.3 Å². The smallest absolute Gasteiger partial charge is 0.0685 e. The highest BCUT2D eigenvalue weighted by Gasteiger charge is 2.40. The van der Waals surface area contributed by atoms with Crippen molar-refractivity contribution >= 4 is 0 Å². The summed E-state index contributed by atoms with van der Waals surface area (Å²) in [4.78, 5) is 4.44. The average molecular weight is 289 g/mol. The zero-order valence-electron chi connectivity index (χ0n) is 12.8. The van der Waals surface area contributed by atoms with Gasteiger partial charge < -0.3 is 4.74 Å². The van der Waals surface area contributed by atoms with Crippen molar-refractivity contribution in [3.8, 4) is 0 Å². The molecule has 2 atom stereocenters. The van der Waals surface area contributed by atoms with Gasteiger partial charge in [0, 0.05) is 31.0 Å². The first-order valence-electron chi connectivity index (χ1n) is 8.31. The van der Waals surface area contributed by atoms with Crippen LogP contribution in [0.25, 0.3) is 0 Å². The Morgan fingerprint density at radius 2 is 2.19 bits per heavy atom. The maximum absolute atomic E-state index is 6.20. The molecule has 4 heteroatoms. The van der Waals surface area contributed by atoms with Crippen LogP contribution in [-0.4, -0.2) is 23.2 Å². The molecule has 1 spiro atoms. The van der Waals surface area contributed by atoms with E-state index in [-0.39, 0.29) is 5.60 Å². The maximum Gasteiger partial charge on any atom is 0.0685 e. The van der Waals surface area contributed by atoms with E-state index in [9.17, 15) is 0 Å². The number of nitrogens with two attached hydrogens (primary N) is 1. The lowest BCUT2D eigenvalue weighted by molar-refractivity contribution is -0.121. The van der Waals surface area contributed by atoms with Gasteiger partial charge in [0.25, 0.3) is 0 Å². The van der Waals surface area contributed by atoms with Crippen LogP contribution in [0.4, 0.5) is 0 Å². The van der Waals surface area contributed by atoms with Crippen molar-refractivity contribution in [2.45, 2.75) is 63.0 Å². The normalized spacial score (nSPS) is 26.6. The SMILES string of the molecule is NNC(Cc1ccccn1)C1CCOC2(CCCCC2)C1. The van der Waals surface area contributed by atoms with Crippen molar-refractivity contribution in [2.75, 3.05) is 6.61 Å². The molecule has 1 aliphatic carbocycles. The van der Waals surface area contributed by atoms with Crippen molar-refractivity contribution in [3.05, 3.63) is 30.1 Å². The van der Waals surface area contributed by atoms with Crippen LogP contribution < -0.4 is 11.3 Å². The molecule has 1 aliphatic heterocycles. The number of hydrogen-bond acceptors (Lipinski definition) is 4. The molecule has 3 rings (SSSR count). The summed E-state index contributed by atoms with van der Waals surface area (Å²) in [5.41, 5.74) is 4.30. The van der Waals surface area contributed by atoms with E-state index in [0.717, 1.165) is 31.6 Å². The van der Waals surface area contributed by atoms with Gasteiger partial charge in [0.15, 0.2) is 0 Å². The van der Waals surface area contributed by atoms with E-state index in [1.165, 1.54) is 32.1 Å². The molecule has 1 aromatic rings. The Balaban J connectivity index is 1.65. The Labute approximate surface area is 127 Å². The second-order valence-electron chi connectivity index (χ2n) is 6.64. The average Bonchev–Trinajstić information content (AvgIpc) is 2.54. The van der Waals surface area contributed by atoms with Crippen LogP contribution in [0.15, 0.2) is 24.4 Å². The van der Waals surface area contributed by atoms with Crippen molar-refractivity contribution in [3.63, 3.8) is 0 Å². The summed E-state index contributed by atoms with van der Waals surface area (Å²) in [7, 11) is 0. The second kappa shape index (κ2) is 6.86. The Morgan fingerprint density at radius 1 is 1.33 bits per heavy atom. The molecule has 0 aromatic carbocycles. The fraction of sp³-hybridized carbons (Fsp3) is 0.706. The molecule has 21 heavy (non-hydrogen) atoms. The molecular formula is C17H27N3O. The minimum absolute atomic E-state index is 0.139. The quantitative estimate of drug-likeness (QED) is 0.660. The van der Waals surface area contributed by atoms with Gasteiger partial charge in [0.1, 0.15) is 0 Å². The van der Waals surface area contributed by atoms with Crippen molar-refractivity contribution in [1.82, 2.24) is 10.4 Å². The molecule has 0 amide bonds. The molecule has 2 aliphatic rings. The van der Waals surface area contributed by atoms with Gasteiger partial charge in [-0.05, 0) is 43.7 Å². The van der Waals surface area contributed by atoms with Crippen molar-refractivity contribution in [2.24, 2.45) is 11.8 Å². The molecule has 0 radical (unpaired) electrons. The third-order valence-electron chi connectivity index (χ3n) is 5.23. The lowest BCUT2D eigenvalue weighted by Crippen LogP contribution is -2.50. The van der Waals surface area contributed by atoms with E-state index >= 15 is 0 Å². The van der Waals surface area contributed by atoms with Gasteiger partial charge in [0.2, 0.25) is 0 Å². The van der Waals surface area contributed by atoms with E-state index < -0.39 is 0 Å². The summed E-state index contributed by atoms with van der Waals surface area (Å²) in [6.45, 7) is 0.880. The van der Waals surface area contributed by atoms with Crippen molar-refractivity contribution < 1.29 is 4.74 Å². The van der Waals surface area contributed by atoms with Crippen LogP contribution in [0.5, 0.6) is 0 Å². The van der Waals surface area contributed by atoms with E-state index in [0.29, 0.717) is 12.0 Å². The number of nitrogens with zero attached hydrogens (tertiary/aromatic N) is 1. The molecule has 2 fully saturated rings. The van der Waals surface area contributed by atoms with Gasteiger partial charge in [-0.2, -0.15) is 0 Å². The number of pyridine rings is 1. The summed E-state index contributed by atoms with van der Waals surface area (Å²) < 4.78 is 6.20. The summed E-state index contributed by atoms with van der Waals surface area (Å²) in [6.07, 6.45) is 11.4. The zero-order valence-corrected chi connectivity index (χ0v) is 12.8. The van der Waals surface area contributed by atoms with Gasteiger partial charge in [-0.15, -0.1) is 0 Å². The van der Waals surface area contributed by atoms with Crippen LogP contribution in [0, 0.1) is 5.92 Å². The van der Waals surface area contributed by atoms with E-state index in [2.05, 4.69) is 16.5 Å². The molecule has 1 aromatic heterocycles. The number of hydrazine groups is 1. The summed E-state index contributed by atoms with van der Waals surface area (Å²) in [5.74, 6) is 6.44. The highest BCUT2D eigenvalue weighted by Crippen LogP contribution is 2.41. The molecule has 0 bridgehead atoms. The van der Waals surface area contributed by atoms with Crippen LogP contribution >= 0.6 is 0 Å². The van der Waals surface area contributed by atoms with Crippen LogP contribution in [0.2, 0.25) is 0 Å². The Hall–Kier alpha value is -0.970. The topological polar surface area (TPSA) is 60.2 Å². The second-order valence-corrected chi connectivity index (χ2v) is 6.64. The summed E-state index contributed by atoms with van der Waals surface area (Å²) in [6, 6.07) is 6.38. The third kappa shape index (κ3) is 3.62. The van der Waals surface area contributed by atoms with Gasteiger partial charge in [-0.3, -0.25) is 16.3 Å². The Morgan fingerprint density at radius 3 is 2.90 bits per heavy atom. The first-order chi connectivity index (χ1) is 10.3. The first kappa shape index (κ1) is 14.9. The monoisotopic (exact) mass is 289 g/mol. The number of hydrogen-bond donors (Lipinski definition) is 2. The number of rotatable bonds is 4. The van der Waals surface area contributed by atoms with Crippen molar-refractivity contribution in [1.29, 1.82) is 0 Å². The Bertz CT molecular complexity index is 425. The summed E-state index contributed by atoms with van der Waals surface area (Å²) in [5, 5.41) is 0. The number of aromatic nitrogens is 1. The predicted octanol–water partition coefficient (Wildman–Crippen LogP) is 2.59. The fourth-order valence-electron chi connectivity index (χ4n) is 4.06. The number of nitrogens with one attached hydrogen (secondary N) is 1. The highest BCUT2D eigenvalue weighted by atomic mass is 16.5. The predicted molar refractivity (Wildman–Crippen MR) is 83.5 cm³/mol. The van der Waals surface area contributed by atoms with Crippen LogP contribution in [0.3, 0.4) is 0 Å². The van der Waals surface area contributed by atoms with Gasteiger partial charge >= 0.3 is 0 Å². The third-order valence-corrected chi connectivity index (χ3v) is 5.23. The van der Waals surface area contributed by atoms with Gasteiger partial charge in [-0.1, -0.05) is 25.3 Å². The minimum Gasteiger partial charge on any atom is -0.375 e. The molecule has 2 heterocycles. The molecule has 2 unspecified atom stereocenters. The molecule has 1 saturated carbocycles. The van der Waals surface area contributed by atoms with Gasteiger partial charge in [-0.25, -0.2) is 0 Å². The maximum atomic E-state index is 6.20. The van der Waals surface area contributed by atoms with E-state index in [1.54, 1.807) is 0 Å². The Kier molecular flexibility index (Phi) is 4.88. The molecule has 4 nitrogen and oxygen atoms in total. The lowest BCUT2D eigenvalue weighted by atomic mass is 9.73. The standard InChI is InChI=1S/C17H27N3O/c18-20-16(12-15-6-2-5-10-19-15)14-7-11-21-17(13-14)8-3-1-4-9-17/h2,5-6,10,14,16,20H,1,3-4,7-9,11-13,18H2. The fourth-order valence-corrected chi connectivity index (χ4v) is 4.06. The molecule has 1 saturated heterocycles. The summed E-state index contributed by atoms with van der Waals surface area (Å²) >= 11 is 0. The number of ether oxygens (including phenoxy) is 1. The minimum atomic E-state index is 0.139. The van der Waals surface area contributed by atoms with Gasteiger partial charge in [0.05, 0.1) is 5.60 Å². The van der Waals surface area contributed by atoms with Crippen LogP contribution in [-0.2, 0) is 11.2 Å². The van der Waals surface area contributed by atoms with E-state index in [4.69, 9.17) is 10.6 Å². The largest absolute Gasteiger partial charge is 0.375 e.